The van der Waals surface area contributed by atoms with Crippen LogP contribution in [-0.4, -0.2) is 40.9 Å². The largest absolute Gasteiger partial charge is 0.491 e. The molecular formula is C24H29N3O4. The number of aromatic nitrogens is 2. The molecule has 7 heteroatoms. The molecule has 2 aromatic heterocycles. The molecule has 1 aromatic carbocycles. The van der Waals surface area contributed by atoms with E-state index in [4.69, 9.17) is 9.47 Å². The highest BCUT2D eigenvalue weighted by Gasteiger charge is 2.25. The molecule has 0 aliphatic rings. The van der Waals surface area contributed by atoms with Gasteiger partial charge in [0.25, 0.3) is 5.91 Å². The Balaban J connectivity index is 1.67. The van der Waals surface area contributed by atoms with Gasteiger partial charge in [-0.2, -0.15) is 0 Å². The summed E-state index contributed by atoms with van der Waals surface area (Å²) in [6.07, 6.45) is 4.25. The summed E-state index contributed by atoms with van der Waals surface area (Å²) in [4.78, 5) is 29.5. The monoisotopic (exact) mass is 423 g/mol. The zero-order valence-electron chi connectivity index (χ0n) is 18.6. The van der Waals surface area contributed by atoms with Gasteiger partial charge in [0, 0.05) is 43.5 Å². The van der Waals surface area contributed by atoms with Gasteiger partial charge in [-0.15, -0.1) is 0 Å². The van der Waals surface area contributed by atoms with E-state index in [0.717, 1.165) is 6.42 Å². The first-order valence-electron chi connectivity index (χ1n) is 10.3. The van der Waals surface area contributed by atoms with Crippen molar-refractivity contribution in [1.82, 2.24) is 9.38 Å². The first-order chi connectivity index (χ1) is 14.7. The molecule has 0 aliphatic heterocycles. The molecule has 0 bridgehead atoms. The van der Waals surface area contributed by atoms with Gasteiger partial charge < -0.3 is 19.2 Å². The van der Waals surface area contributed by atoms with E-state index >= 15 is 0 Å². The molecule has 3 aromatic rings. The fourth-order valence-corrected chi connectivity index (χ4v) is 3.02. The van der Waals surface area contributed by atoms with Crippen LogP contribution in [0, 0.1) is 5.41 Å². The SMILES string of the molecule is COCCC(C)Oc1ccc(C(=O)Nc2ccc3nc(C(=O)C(C)(C)C)cn3c2)cc1. The van der Waals surface area contributed by atoms with Crippen LogP contribution in [0.15, 0.2) is 48.8 Å². The van der Waals surface area contributed by atoms with Crippen molar-refractivity contribution < 1.29 is 19.1 Å². The molecule has 0 saturated heterocycles. The number of carbonyl (C=O) groups excluding carboxylic acids is 2. The number of rotatable bonds is 8. The molecule has 0 saturated carbocycles. The summed E-state index contributed by atoms with van der Waals surface area (Å²) in [5, 5.41) is 2.88. The van der Waals surface area contributed by atoms with Crippen LogP contribution in [0.4, 0.5) is 5.69 Å². The van der Waals surface area contributed by atoms with Crippen LogP contribution in [0.25, 0.3) is 5.65 Å². The van der Waals surface area contributed by atoms with Crippen LogP contribution in [0.5, 0.6) is 5.75 Å². The molecule has 0 fully saturated rings. The van der Waals surface area contributed by atoms with Crippen molar-refractivity contribution in [2.75, 3.05) is 19.0 Å². The Bertz CT molecular complexity index is 1060. The molecule has 31 heavy (non-hydrogen) atoms. The van der Waals surface area contributed by atoms with Crippen LogP contribution >= 0.6 is 0 Å². The maximum Gasteiger partial charge on any atom is 0.255 e. The van der Waals surface area contributed by atoms with Crippen molar-refractivity contribution in [3.05, 3.63) is 60.0 Å². The molecule has 0 aliphatic carbocycles. The number of hydrogen-bond acceptors (Lipinski definition) is 5. The fourth-order valence-electron chi connectivity index (χ4n) is 3.02. The lowest BCUT2D eigenvalue weighted by molar-refractivity contribution is 0.0853. The van der Waals surface area contributed by atoms with E-state index in [9.17, 15) is 9.59 Å². The van der Waals surface area contributed by atoms with Crippen LogP contribution < -0.4 is 10.1 Å². The van der Waals surface area contributed by atoms with Gasteiger partial charge in [0.1, 0.15) is 17.1 Å². The minimum atomic E-state index is -0.508. The van der Waals surface area contributed by atoms with E-state index in [-0.39, 0.29) is 17.8 Å². The van der Waals surface area contributed by atoms with Gasteiger partial charge in [0.2, 0.25) is 0 Å². The average molecular weight is 424 g/mol. The van der Waals surface area contributed by atoms with E-state index < -0.39 is 5.41 Å². The average Bonchev–Trinajstić information content (AvgIpc) is 3.14. The molecule has 164 valence electrons. The number of carbonyl (C=O) groups is 2. The number of imidazole rings is 1. The number of pyridine rings is 1. The number of fused-ring (bicyclic) bond motifs is 1. The number of methoxy groups -OCH3 is 1. The Morgan fingerprint density at radius 3 is 2.45 bits per heavy atom. The lowest BCUT2D eigenvalue weighted by atomic mass is 9.89. The molecule has 2 heterocycles. The number of ether oxygens (including phenoxy) is 2. The normalized spacial score (nSPS) is 12.5. The number of nitrogens with zero attached hydrogens (tertiary/aromatic N) is 2. The maximum absolute atomic E-state index is 12.6. The number of hydrogen-bond donors (Lipinski definition) is 1. The molecule has 0 radical (unpaired) electrons. The van der Waals surface area contributed by atoms with Gasteiger partial charge >= 0.3 is 0 Å². The molecule has 1 atom stereocenters. The van der Waals surface area contributed by atoms with E-state index in [1.165, 1.54) is 0 Å². The molecule has 1 unspecified atom stereocenters. The predicted octanol–water partition coefficient (Wildman–Crippen LogP) is 4.62. The molecular weight excluding hydrogens is 394 g/mol. The Hall–Kier alpha value is -3.19. The van der Waals surface area contributed by atoms with Crippen LogP contribution in [-0.2, 0) is 4.74 Å². The maximum atomic E-state index is 12.6. The van der Waals surface area contributed by atoms with E-state index in [2.05, 4.69) is 10.3 Å². The van der Waals surface area contributed by atoms with Gasteiger partial charge in [-0.05, 0) is 43.3 Å². The molecule has 1 amide bonds. The van der Waals surface area contributed by atoms with Crippen molar-refractivity contribution in [3.63, 3.8) is 0 Å². The number of amides is 1. The summed E-state index contributed by atoms with van der Waals surface area (Å²) in [5.74, 6) is 0.445. The number of anilines is 1. The highest BCUT2D eigenvalue weighted by molar-refractivity contribution is 6.04. The topological polar surface area (TPSA) is 81.9 Å². The van der Waals surface area contributed by atoms with Gasteiger partial charge in [0.05, 0.1) is 11.8 Å². The van der Waals surface area contributed by atoms with Crippen molar-refractivity contribution in [2.45, 2.75) is 40.2 Å². The molecule has 0 spiro atoms. The predicted molar refractivity (Wildman–Crippen MR) is 120 cm³/mol. The Morgan fingerprint density at radius 1 is 1.10 bits per heavy atom. The summed E-state index contributed by atoms with van der Waals surface area (Å²) >= 11 is 0. The van der Waals surface area contributed by atoms with E-state index in [1.54, 1.807) is 60.3 Å². The van der Waals surface area contributed by atoms with Gasteiger partial charge in [0.15, 0.2) is 5.78 Å². The smallest absolute Gasteiger partial charge is 0.255 e. The van der Waals surface area contributed by atoms with Crippen LogP contribution in [0.1, 0.15) is 55.0 Å². The Kier molecular flexibility index (Phi) is 6.75. The van der Waals surface area contributed by atoms with E-state index in [0.29, 0.717) is 34.9 Å². The Labute approximate surface area is 182 Å². The minimum Gasteiger partial charge on any atom is -0.491 e. The first-order valence-corrected chi connectivity index (χ1v) is 10.3. The van der Waals surface area contributed by atoms with Crippen molar-refractivity contribution >= 4 is 23.0 Å². The number of benzene rings is 1. The quantitative estimate of drug-likeness (QED) is 0.535. The second-order valence-electron chi connectivity index (χ2n) is 8.58. The molecule has 3 rings (SSSR count). The zero-order chi connectivity index (χ0) is 22.6. The lowest BCUT2D eigenvalue weighted by Gasteiger charge is -2.14. The summed E-state index contributed by atoms with van der Waals surface area (Å²) in [6, 6.07) is 10.5. The lowest BCUT2D eigenvalue weighted by Crippen LogP contribution is -2.20. The zero-order valence-corrected chi connectivity index (χ0v) is 18.6. The Morgan fingerprint density at radius 2 is 1.81 bits per heavy atom. The van der Waals surface area contributed by atoms with Gasteiger partial charge in [-0.3, -0.25) is 9.59 Å². The van der Waals surface area contributed by atoms with Gasteiger partial charge in [-0.1, -0.05) is 20.8 Å². The number of nitrogens with one attached hydrogen (secondary N) is 1. The second kappa shape index (κ2) is 9.31. The van der Waals surface area contributed by atoms with E-state index in [1.807, 2.05) is 27.7 Å². The highest BCUT2D eigenvalue weighted by atomic mass is 16.5. The summed E-state index contributed by atoms with van der Waals surface area (Å²) < 4.78 is 12.6. The summed E-state index contributed by atoms with van der Waals surface area (Å²) in [7, 11) is 1.66. The van der Waals surface area contributed by atoms with Crippen molar-refractivity contribution in [1.29, 1.82) is 0 Å². The van der Waals surface area contributed by atoms with Crippen molar-refractivity contribution in [3.8, 4) is 5.75 Å². The molecule has 1 N–H and O–H groups in total. The third-order valence-corrected chi connectivity index (χ3v) is 4.81. The minimum absolute atomic E-state index is 0.0246. The fraction of sp³-hybridized carbons (Fsp3) is 0.375. The van der Waals surface area contributed by atoms with Gasteiger partial charge in [-0.25, -0.2) is 4.98 Å². The van der Waals surface area contributed by atoms with Crippen LogP contribution in [0.2, 0.25) is 0 Å². The summed E-state index contributed by atoms with van der Waals surface area (Å²) in [6.45, 7) is 8.20. The first kappa shape index (κ1) is 22.5. The third kappa shape index (κ3) is 5.70. The number of ketones is 1. The molecule has 7 nitrogen and oxygen atoms in total. The number of Topliss-reactive ketones (excluding diaryl/α,β-unsaturated/α-hetero) is 1. The standard InChI is InChI=1S/C24H29N3O4/c1-16(12-13-30-5)31-19-9-6-17(7-10-19)23(29)25-18-8-11-21-26-20(15-27(21)14-18)22(28)24(2,3)4/h6-11,14-16H,12-13H2,1-5H3,(H,25,29). The van der Waals surface area contributed by atoms with Crippen molar-refractivity contribution in [2.24, 2.45) is 5.41 Å². The summed E-state index contributed by atoms with van der Waals surface area (Å²) in [5.41, 5.74) is 1.68. The van der Waals surface area contributed by atoms with Crippen LogP contribution in [0.3, 0.4) is 0 Å². The second-order valence-corrected chi connectivity index (χ2v) is 8.58. The third-order valence-electron chi connectivity index (χ3n) is 4.81. The highest BCUT2D eigenvalue weighted by Crippen LogP contribution is 2.22.